The molecule has 0 spiro atoms. The molecule has 0 saturated heterocycles. The van der Waals surface area contributed by atoms with Gasteiger partial charge in [-0.3, -0.25) is 4.98 Å². The van der Waals surface area contributed by atoms with Crippen LogP contribution >= 0.6 is 0 Å². The molecule has 0 aromatic carbocycles. The molecule has 1 heterocycles. The third-order valence-electron chi connectivity index (χ3n) is 1.79. The topological polar surface area (TPSA) is 38.9 Å². The SMILES string of the molecule is NCc1ccc(CCC(F)(F)F)nc1. The van der Waals surface area contributed by atoms with Crippen molar-refractivity contribution >= 4 is 0 Å². The maximum atomic E-state index is 11.8. The highest BCUT2D eigenvalue weighted by molar-refractivity contribution is 5.13. The summed E-state index contributed by atoms with van der Waals surface area (Å²) in [6.07, 6.45) is -3.52. The summed E-state index contributed by atoms with van der Waals surface area (Å²) in [5, 5.41) is 0. The van der Waals surface area contributed by atoms with Crippen LogP contribution in [0.3, 0.4) is 0 Å². The second-order valence-electron chi connectivity index (χ2n) is 2.98. The Balaban J connectivity index is 2.52. The van der Waals surface area contributed by atoms with E-state index in [1.165, 1.54) is 6.20 Å². The Morgan fingerprint density at radius 1 is 1.29 bits per heavy atom. The van der Waals surface area contributed by atoms with Gasteiger partial charge in [0.25, 0.3) is 0 Å². The number of pyridine rings is 1. The van der Waals surface area contributed by atoms with E-state index in [-0.39, 0.29) is 6.42 Å². The Bertz CT molecular complexity index is 279. The van der Waals surface area contributed by atoms with Gasteiger partial charge in [0.15, 0.2) is 0 Å². The average molecular weight is 204 g/mol. The van der Waals surface area contributed by atoms with Crippen LogP contribution in [-0.2, 0) is 13.0 Å². The molecular weight excluding hydrogens is 193 g/mol. The zero-order chi connectivity index (χ0) is 10.6. The van der Waals surface area contributed by atoms with Crippen molar-refractivity contribution in [1.82, 2.24) is 4.98 Å². The number of nitrogens with two attached hydrogens (primary N) is 1. The van der Waals surface area contributed by atoms with Gasteiger partial charge in [0, 0.05) is 24.9 Å². The van der Waals surface area contributed by atoms with Crippen molar-refractivity contribution < 1.29 is 13.2 Å². The normalized spacial score (nSPS) is 11.7. The second-order valence-corrected chi connectivity index (χ2v) is 2.98. The molecule has 0 fully saturated rings. The Labute approximate surface area is 79.9 Å². The van der Waals surface area contributed by atoms with Gasteiger partial charge in [-0.15, -0.1) is 0 Å². The first kappa shape index (κ1) is 11.0. The largest absolute Gasteiger partial charge is 0.389 e. The van der Waals surface area contributed by atoms with Crippen LogP contribution in [0.2, 0.25) is 0 Å². The van der Waals surface area contributed by atoms with Crippen LogP contribution in [0.4, 0.5) is 13.2 Å². The summed E-state index contributed by atoms with van der Waals surface area (Å²) >= 11 is 0. The van der Waals surface area contributed by atoms with Crippen molar-refractivity contribution in [3.8, 4) is 0 Å². The van der Waals surface area contributed by atoms with E-state index in [0.29, 0.717) is 12.2 Å². The Morgan fingerprint density at radius 2 is 2.00 bits per heavy atom. The standard InChI is InChI=1S/C9H11F3N2/c10-9(11,12)4-3-8-2-1-7(5-13)6-14-8/h1-2,6H,3-5,13H2. The van der Waals surface area contributed by atoms with Crippen molar-refractivity contribution in [1.29, 1.82) is 0 Å². The van der Waals surface area contributed by atoms with Crippen LogP contribution in [0.15, 0.2) is 18.3 Å². The summed E-state index contributed by atoms with van der Waals surface area (Å²) in [7, 11) is 0. The van der Waals surface area contributed by atoms with Gasteiger partial charge in [-0.25, -0.2) is 0 Å². The number of nitrogens with zero attached hydrogens (tertiary/aromatic N) is 1. The highest BCUT2D eigenvalue weighted by Crippen LogP contribution is 2.21. The number of alkyl halides is 3. The molecule has 0 aliphatic rings. The maximum Gasteiger partial charge on any atom is 0.389 e. The zero-order valence-corrected chi connectivity index (χ0v) is 7.51. The van der Waals surface area contributed by atoms with Crippen LogP contribution in [0.1, 0.15) is 17.7 Å². The predicted molar refractivity (Wildman–Crippen MR) is 46.5 cm³/mol. The zero-order valence-electron chi connectivity index (χ0n) is 7.51. The summed E-state index contributed by atoms with van der Waals surface area (Å²) in [5.74, 6) is 0. The fourth-order valence-corrected chi connectivity index (χ4v) is 0.994. The molecule has 1 aromatic rings. The van der Waals surface area contributed by atoms with E-state index >= 15 is 0 Å². The highest BCUT2D eigenvalue weighted by atomic mass is 19.4. The van der Waals surface area contributed by atoms with Gasteiger partial charge in [-0.1, -0.05) is 6.07 Å². The smallest absolute Gasteiger partial charge is 0.326 e. The number of aromatic nitrogens is 1. The molecule has 0 radical (unpaired) electrons. The first-order chi connectivity index (χ1) is 6.51. The summed E-state index contributed by atoms with van der Waals surface area (Å²) in [6.45, 7) is 0.354. The predicted octanol–water partition coefficient (Wildman–Crippen LogP) is 2.04. The lowest BCUT2D eigenvalue weighted by Crippen LogP contribution is -2.09. The molecule has 78 valence electrons. The van der Waals surface area contributed by atoms with Crippen LogP contribution in [0.5, 0.6) is 0 Å². The fraction of sp³-hybridized carbons (Fsp3) is 0.444. The van der Waals surface area contributed by atoms with E-state index in [4.69, 9.17) is 5.73 Å². The van der Waals surface area contributed by atoms with Crippen molar-refractivity contribution in [2.45, 2.75) is 25.6 Å². The lowest BCUT2D eigenvalue weighted by molar-refractivity contribution is -0.134. The molecule has 0 amide bonds. The third kappa shape index (κ3) is 3.74. The summed E-state index contributed by atoms with van der Waals surface area (Å²) in [6, 6.07) is 3.27. The quantitative estimate of drug-likeness (QED) is 0.818. The van der Waals surface area contributed by atoms with Crippen molar-refractivity contribution in [2.75, 3.05) is 0 Å². The van der Waals surface area contributed by atoms with E-state index < -0.39 is 12.6 Å². The van der Waals surface area contributed by atoms with Gasteiger partial charge in [0.1, 0.15) is 0 Å². The van der Waals surface area contributed by atoms with Gasteiger partial charge >= 0.3 is 6.18 Å². The summed E-state index contributed by atoms with van der Waals surface area (Å²) < 4.78 is 35.5. The van der Waals surface area contributed by atoms with E-state index in [2.05, 4.69) is 4.98 Å². The molecule has 0 unspecified atom stereocenters. The number of aryl methyl sites for hydroxylation is 1. The van der Waals surface area contributed by atoms with E-state index in [9.17, 15) is 13.2 Å². The summed E-state index contributed by atoms with van der Waals surface area (Å²) in [5.41, 5.74) is 6.59. The van der Waals surface area contributed by atoms with E-state index in [0.717, 1.165) is 5.56 Å². The fourth-order valence-electron chi connectivity index (χ4n) is 0.994. The first-order valence-electron chi connectivity index (χ1n) is 4.22. The van der Waals surface area contributed by atoms with Crippen molar-refractivity contribution in [3.63, 3.8) is 0 Å². The molecule has 0 aliphatic carbocycles. The third-order valence-corrected chi connectivity index (χ3v) is 1.79. The number of halogens is 3. The Kier molecular flexibility index (Phi) is 3.46. The minimum absolute atomic E-state index is 0.0750. The molecule has 0 bridgehead atoms. The summed E-state index contributed by atoms with van der Waals surface area (Å²) in [4.78, 5) is 3.87. The molecule has 0 atom stereocenters. The molecule has 1 rings (SSSR count). The maximum absolute atomic E-state index is 11.8. The highest BCUT2D eigenvalue weighted by Gasteiger charge is 2.26. The van der Waals surface area contributed by atoms with Gasteiger partial charge in [-0.05, 0) is 18.1 Å². The van der Waals surface area contributed by atoms with Gasteiger partial charge in [0.05, 0.1) is 0 Å². The lowest BCUT2D eigenvalue weighted by atomic mass is 10.2. The van der Waals surface area contributed by atoms with E-state index in [1.807, 2.05) is 0 Å². The molecule has 2 N–H and O–H groups in total. The van der Waals surface area contributed by atoms with Crippen molar-refractivity contribution in [3.05, 3.63) is 29.6 Å². The molecular formula is C9H11F3N2. The van der Waals surface area contributed by atoms with Gasteiger partial charge in [0.2, 0.25) is 0 Å². The number of rotatable bonds is 3. The molecule has 5 heteroatoms. The van der Waals surface area contributed by atoms with Gasteiger partial charge < -0.3 is 5.73 Å². The van der Waals surface area contributed by atoms with Crippen LogP contribution in [0, 0.1) is 0 Å². The molecule has 2 nitrogen and oxygen atoms in total. The second kappa shape index (κ2) is 4.41. The van der Waals surface area contributed by atoms with Crippen LogP contribution < -0.4 is 5.73 Å². The number of hydrogen-bond acceptors (Lipinski definition) is 2. The van der Waals surface area contributed by atoms with Gasteiger partial charge in [-0.2, -0.15) is 13.2 Å². The van der Waals surface area contributed by atoms with Crippen molar-refractivity contribution in [2.24, 2.45) is 5.73 Å². The van der Waals surface area contributed by atoms with E-state index in [1.54, 1.807) is 12.1 Å². The minimum atomic E-state index is -4.12. The Morgan fingerprint density at radius 3 is 2.43 bits per heavy atom. The lowest BCUT2D eigenvalue weighted by Gasteiger charge is -2.05. The molecule has 0 saturated carbocycles. The van der Waals surface area contributed by atoms with Crippen LogP contribution in [0.25, 0.3) is 0 Å². The number of hydrogen-bond donors (Lipinski definition) is 1. The average Bonchev–Trinajstić information content (AvgIpc) is 2.14. The minimum Gasteiger partial charge on any atom is -0.326 e. The molecule has 0 aliphatic heterocycles. The molecule has 14 heavy (non-hydrogen) atoms. The Hall–Kier alpha value is -1.10. The molecule has 1 aromatic heterocycles. The van der Waals surface area contributed by atoms with Crippen LogP contribution in [-0.4, -0.2) is 11.2 Å². The monoisotopic (exact) mass is 204 g/mol. The first-order valence-corrected chi connectivity index (χ1v) is 4.22.